The summed E-state index contributed by atoms with van der Waals surface area (Å²) < 4.78 is 0. The highest BCUT2D eigenvalue weighted by Crippen LogP contribution is 2.14. The lowest BCUT2D eigenvalue weighted by atomic mass is 10.2. The summed E-state index contributed by atoms with van der Waals surface area (Å²) in [6, 6.07) is 8.82. The third-order valence-electron chi connectivity index (χ3n) is 3.05. The van der Waals surface area contributed by atoms with E-state index in [0.717, 1.165) is 13.1 Å². The molecule has 23 heavy (non-hydrogen) atoms. The number of nitrogens with zero attached hydrogens (tertiary/aromatic N) is 4. The summed E-state index contributed by atoms with van der Waals surface area (Å²) in [5.41, 5.74) is 1.04. The number of anilines is 2. The Labute approximate surface area is 135 Å². The van der Waals surface area contributed by atoms with Crippen LogP contribution < -0.4 is 10.6 Å². The Kier molecular flexibility index (Phi) is 5.61. The number of carbonyl (C=O) groups is 1. The van der Waals surface area contributed by atoms with Crippen LogP contribution in [-0.4, -0.2) is 48.0 Å². The topological polar surface area (TPSA) is 93.9 Å². The third-order valence-corrected chi connectivity index (χ3v) is 3.05. The Morgan fingerprint density at radius 1 is 1.26 bits per heavy atom. The van der Waals surface area contributed by atoms with Gasteiger partial charge in [-0.25, -0.2) is 9.97 Å². The van der Waals surface area contributed by atoms with E-state index < -0.39 is 5.91 Å². The molecule has 0 fully saturated rings. The summed E-state index contributed by atoms with van der Waals surface area (Å²) in [7, 11) is 3.97. The average Bonchev–Trinajstić information content (AvgIpc) is 2.55. The number of benzene rings is 1. The van der Waals surface area contributed by atoms with Crippen LogP contribution in [0.3, 0.4) is 0 Å². The van der Waals surface area contributed by atoms with Gasteiger partial charge < -0.3 is 15.5 Å². The van der Waals surface area contributed by atoms with Crippen molar-refractivity contribution in [2.45, 2.75) is 0 Å². The number of likely N-dealkylation sites (N-methyl/N-ethyl adjacent to an activating group) is 1. The molecule has 0 saturated carbocycles. The molecule has 118 valence electrons. The van der Waals surface area contributed by atoms with Crippen molar-refractivity contribution in [2.75, 3.05) is 37.8 Å². The monoisotopic (exact) mass is 310 g/mol. The highest BCUT2D eigenvalue weighted by atomic mass is 16.1. The van der Waals surface area contributed by atoms with Crippen LogP contribution in [0, 0.1) is 11.3 Å². The van der Waals surface area contributed by atoms with Gasteiger partial charge in [0, 0.05) is 13.1 Å². The Morgan fingerprint density at radius 2 is 2.04 bits per heavy atom. The number of hydrogen-bond acceptors (Lipinski definition) is 6. The van der Waals surface area contributed by atoms with Crippen LogP contribution in [0.1, 0.15) is 16.1 Å². The minimum absolute atomic E-state index is 0.191. The van der Waals surface area contributed by atoms with Crippen LogP contribution in [0.4, 0.5) is 11.5 Å². The molecule has 1 amide bonds. The molecular formula is C16H18N6O. The van der Waals surface area contributed by atoms with Crippen molar-refractivity contribution in [3.63, 3.8) is 0 Å². The SMILES string of the molecule is CN(C)CCNc1cnc(C(=O)Nc2ccccc2C#N)cn1. The van der Waals surface area contributed by atoms with Crippen molar-refractivity contribution in [1.82, 2.24) is 14.9 Å². The summed E-state index contributed by atoms with van der Waals surface area (Å²) in [6.07, 6.45) is 2.92. The summed E-state index contributed by atoms with van der Waals surface area (Å²) >= 11 is 0. The van der Waals surface area contributed by atoms with Gasteiger partial charge in [0.25, 0.3) is 5.91 Å². The van der Waals surface area contributed by atoms with E-state index in [2.05, 4.69) is 25.5 Å². The lowest BCUT2D eigenvalue weighted by Gasteiger charge is -2.10. The summed E-state index contributed by atoms with van der Waals surface area (Å²) in [5, 5.41) is 14.8. The minimum atomic E-state index is -0.403. The Morgan fingerprint density at radius 3 is 2.70 bits per heavy atom. The molecule has 2 rings (SSSR count). The zero-order valence-corrected chi connectivity index (χ0v) is 13.1. The first-order valence-corrected chi connectivity index (χ1v) is 7.11. The van der Waals surface area contributed by atoms with Gasteiger partial charge in [-0.05, 0) is 26.2 Å². The van der Waals surface area contributed by atoms with Gasteiger partial charge in [0.05, 0.1) is 23.6 Å². The maximum absolute atomic E-state index is 12.1. The normalized spacial score (nSPS) is 10.2. The first kappa shape index (κ1) is 16.4. The van der Waals surface area contributed by atoms with Crippen LogP contribution in [0.2, 0.25) is 0 Å². The fourth-order valence-electron chi connectivity index (χ4n) is 1.82. The van der Waals surface area contributed by atoms with E-state index in [1.807, 2.05) is 20.2 Å². The second-order valence-corrected chi connectivity index (χ2v) is 5.13. The van der Waals surface area contributed by atoms with E-state index in [1.165, 1.54) is 12.4 Å². The smallest absolute Gasteiger partial charge is 0.275 e. The zero-order chi connectivity index (χ0) is 16.7. The Hall–Kier alpha value is -2.98. The van der Waals surface area contributed by atoms with Gasteiger partial charge in [-0.2, -0.15) is 5.26 Å². The van der Waals surface area contributed by atoms with Crippen molar-refractivity contribution in [1.29, 1.82) is 5.26 Å². The van der Waals surface area contributed by atoms with Gasteiger partial charge in [-0.1, -0.05) is 12.1 Å². The largest absolute Gasteiger partial charge is 0.368 e. The van der Waals surface area contributed by atoms with Crippen molar-refractivity contribution < 1.29 is 4.79 Å². The molecular weight excluding hydrogens is 292 g/mol. The van der Waals surface area contributed by atoms with E-state index in [9.17, 15) is 4.79 Å². The van der Waals surface area contributed by atoms with Crippen LogP contribution in [0.15, 0.2) is 36.7 Å². The quantitative estimate of drug-likeness (QED) is 0.841. The van der Waals surface area contributed by atoms with E-state index in [1.54, 1.807) is 24.3 Å². The molecule has 7 nitrogen and oxygen atoms in total. The highest BCUT2D eigenvalue weighted by molar-refractivity contribution is 6.03. The Bertz CT molecular complexity index is 705. The average molecular weight is 310 g/mol. The molecule has 0 bridgehead atoms. The van der Waals surface area contributed by atoms with Gasteiger partial charge in [0.1, 0.15) is 17.6 Å². The molecule has 1 aromatic carbocycles. The molecule has 7 heteroatoms. The Balaban J connectivity index is 1.99. The molecule has 1 aromatic heterocycles. The van der Waals surface area contributed by atoms with Crippen LogP contribution in [0.25, 0.3) is 0 Å². The van der Waals surface area contributed by atoms with E-state index in [-0.39, 0.29) is 5.69 Å². The molecule has 0 aliphatic carbocycles. The maximum atomic E-state index is 12.1. The van der Waals surface area contributed by atoms with E-state index in [0.29, 0.717) is 17.1 Å². The molecule has 0 aliphatic heterocycles. The summed E-state index contributed by atoms with van der Waals surface area (Å²) in [4.78, 5) is 22.5. The van der Waals surface area contributed by atoms with Crippen molar-refractivity contribution in [3.05, 3.63) is 47.9 Å². The first-order chi connectivity index (χ1) is 11.1. The second-order valence-electron chi connectivity index (χ2n) is 5.13. The highest BCUT2D eigenvalue weighted by Gasteiger charge is 2.10. The molecule has 0 unspecified atom stereocenters. The number of hydrogen-bond donors (Lipinski definition) is 2. The predicted molar refractivity (Wildman–Crippen MR) is 88.2 cm³/mol. The standard InChI is InChI=1S/C16H18N6O/c1-22(2)8-7-18-15-11-19-14(10-20-15)16(23)21-13-6-4-3-5-12(13)9-17/h3-6,10-11H,7-8H2,1-2H3,(H,18,20)(H,21,23). The third kappa shape index (κ3) is 4.76. The van der Waals surface area contributed by atoms with Crippen LogP contribution in [0.5, 0.6) is 0 Å². The first-order valence-electron chi connectivity index (χ1n) is 7.11. The molecule has 1 heterocycles. The number of rotatable bonds is 6. The van der Waals surface area contributed by atoms with Gasteiger partial charge in [-0.15, -0.1) is 0 Å². The molecule has 0 radical (unpaired) electrons. The summed E-state index contributed by atoms with van der Waals surface area (Å²) in [6.45, 7) is 1.61. The zero-order valence-electron chi connectivity index (χ0n) is 13.1. The molecule has 0 spiro atoms. The number of aromatic nitrogens is 2. The van der Waals surface area contributed by atoms with Crippen LogP contribution in [-0.2, 0) is 0 Å². The number of carbonyl (C=O) groups excluding carboxylic acids is 1. The number of nitrogens with one attached hydrogen (secondary N) is 2. The number of amides is 1. The fraction of sp³-hybridized carbons (Fsp3) is 0.250. The summed E-state index contributed by atoms with van der Waals surface area (Å²) in [5.74, 6) is 0.209. The molecule has 0 saturated heterocycles. The van der Waals surface area contributed by atoms with Crippen molar-refractivity contribution in [2.24, 2.45) is 0 Å². The van der Waals surface area contributed by atoms with E-state index >= 15 is 0 Å². The second kappa shape index (κ2) is 7.87. The predicted octanol–water partition coefficient (Wildman–Crippen LogP) is 1.57. The molecule has 0 atom stereocenters. The molecule has 0 aliphatic rings. The fourth-order valence-corrected chi connectivity index (χ4v) is 1.82. The van der Waals surface area contributed by atoms with Crippen LogP contribution >= 0.6 is 0 Å². The maximum Gasteiger partial charge on any atom is 0.275 e. The van der Waals surface area contributed by atoms with Gasteiger partial charge in [0.2, 0.25) is 0 Å². The van der Waals surface area contributed by atoms with Gasteiger partial charge in [0.15, 0.2) is 0 Å². The number of nitriles is 1. The molecule has 2 aromatic rings. The van der Waals surface area contributed by atoms with E-state index in [4.69, 9.17) is 5.26 Å². The minimum Gasteiger partial charge on any atom is -0.368 e. The molecule has 2 N–H and O–H groups in total. The van der Waals surface area contributed by atoms with Gasteiger partial charge in [-0.3, -0.25) is 4.79 Å². The van der Waals surface area contributed by atoms with Gasteiger partial charge >= 0.3 is 0 Å². The lowest BCUT2D eigenvalue weighted by molar-refractivity contribution is 0.102. The number of para-hydroxylation sites is 1. The van der Waals surface area contributed by atoms with Crippen molar-refractivity contribution >= 4 is 17.4 Å². The van der Waals surface area contributed by atoms with Crippen molar-refractivity contribution in [3.8, 4) is 6.07 Å². The lowest BCUT2D eigenvalue weighted by Crippen LogP contribution is -2.21.